The molecule has 2 unspecified atom stereocenters. The van der Waals surface area contributed by atoms with Crippen molar-refractivity contribution >= 4 is 0 Å². The summed E-state index contributed by atoms with van der Waals surface area (Å²) in [6, 6.07) is 0. The average Bonchev–Trinajstić information content (AvgIpc) is 1.79. The van der Waals surface area contributed by atoms with Crippen LogP contribution in [0.1, 0.15) is 0 Å². The van der Waals surface area contributed by atoms with Gasteiger partial charge in [-0.2, -0.15) is 0 Å². The summed E-state index contributed by atoms with van der Waals surface area (Å²) in [6.07, 6.45) is -0.616. The molecule has 1 nitrogen and oxygen atoms in total. The van der Waals surface area contributed by atoms with Gasteiger partial charge in [0.25, 0.3) is 0 Å². The predicted octanol–water partition coefficient (Wildman–Crippen LogP) is 0.227. The molecule has 0 aromatic rings. The van der Waals surface area contributed by atoms with E-state index in [1.165, 1.54) is 0 Å². The molecule has 1 fully saturated rings. The topological polar surface area (TPSA) is 3.01 Å². The van der Waals surface area contributed by atoms with Crippen LogP contribution in [0.3, 0.4) is 0 Å². The SMILES string of the molecule is CN1CC1F. The Morgan fingerprint density at radius 1 is 2.00 bits per heavy atom. The molecule has 0 amide bonds. The van der Waals surface area contributed by atoms with Crippen molar-refractivity contribution in [1.29, 1.82) is 0 Å². The highest BCUT2D eigenvalue weighted by molar-refractivity contribution is 4.73. The number of rotatable bonds is 0. The fourth-order valence-corrected chi connectivity index (χ4v) is 0.190. The molecule has 1 rings (SSSR count). The van der Waals surface area contributed by atoms with Crippen LogP contribution in [0.5, 0.6) is 0 Å². The van der Waals surface area contributed by atoms with Crippen molar-refractivity contribution in [3.8, 4) is 0 Å². The maximum Gasteiger partial charge on any atom is 0.166 e. The molecule has 0 saturated carbocycles. The van der Waals surface area contributed by atoms with E-state index in [0.717, 1.165) is 0 Å². The first-order valence-corrected chi connectivity index (χ1v) is 1.65. The fraction of sp³-hybridized carbons (Fsp3) is 1.00. The highest BCUT2D eigenvalue weighted by Gasteiger charge is 2.28. The van der Waals surface area contributed by atoms with E-state index in [0.29, 0.717) is 6.54 Å². The van der Waals surface area contributed by atoms with Crippen LogP contribution in [0.15, 0.2) is 0 Å². The molecule has 30 valence electrons. The number of hydrogen-bond donors (Lipinski definition) is 0. The molecule has 2 heteroatoms. The Labute approximate surface area is 30.4 Å². The van der Waals surface area contributed by atoms with Crippen molar-refractivity contribution in [1.82, 2.24) is 4.90 Å². The molecule has 0 N–H and O–H groups in total. The van der Waals surface area contributed by atoms with Gasteiger partial charge in [0.1, 0.15) is 0 Å². The summed E-state index contributed by atoms with van der Waals surface area (Å²) < 4.78 is 11.4. The Kier molecular flexibility index (Phi) is 0.424. The predicted molar refractivity (Wildman–Crippen MR) is 17.5 cm³/mol. The maximum absolute atomic E-state index is 11.4. The molecule has 1 aliphatic heterocycles. The zero-order valence-electron chi connectivity index (χ0n) is 3.11. The lowest BCUT2D eigenvalue weighted by atomic mass is 10.9. The second-order valence-electron chi connectivity index (χ2n) is 1.37. The van der Waals surface area contributed by atoms with Crippen LogP contribution >= 0.6 is 0 Å². The Bertz CT molecular complexity index is 40.2. The van der Waals surface area contributed by atoms with Crippen LogP contribution in [0, 0.1) is 0 Å². The second-order valence-corrected chi connectivity index (χ2v) is 1.37. The van der Waals surface area contributed by atoms with E-state index in [-0.39, 0.29) is 0 Å². The lowest BCUT2D eigenvalue weighted by Crippen LogP contribution is -1.82. The van der Waals surface area contributed by atoms with E-state index in [1.54, 1.807) is 11.9 Å². The summed E-state index contributed by atoms with van der Waals surface area (Å²) in [5.41, 5.74) is 0. The third-order valence-corrected chi connectivity index (χ3v) is 0.783. The van der Waals surface area contributed by atoms with E-state index in [4.69, 9.17) is 0 Å². The number of likely N-dealkylation sites (N-methyl/N-ethyl adjacent to an activating group) is 1. The van der Waals surface area contributed by atoms with Crippen LogP contribution in [0.2, 0.25) is 0 Å². The Morgan fingerprint density at radius 2 is 2.20 bits per heavy atom. The van der Waals surface area contributed by atoms with Gasteiger partial charge in [-0.1, -0.05) is 0 Å². The van der Waals surface area contributed by atoms with Gasteiger partial charge in [0.2, 0.25) is 0 Å². The zero-order chi connectivity index (χ0) is 3.86. The number of nitrogens with zero attached hydrogens (tertiary/aromatic N) is 1. The van der Waals surface area contributed by atoms with E-state index >= 15 is 0 Å². The molecule has 0 radical (unpaired) electrons. The smallest absolute Gasteiger partial charge is 0.166 e. The van der Waals surface area contributed by atoms with Crippen LogP contribution in [0.25, 0.3) is 0 Å². The van der Waals surface area contributed by atoms with E-state index in [1.807, 2.05) is 0 Å². The summed E-state index contributed by atoms with van der Waals surface area (Å²) in [6.45, 7) is 0.639. The van der Waals surface area contributed by atoms with Gasteiger partial charge in [0.05, 0.1) is 0 Å². The molecule has 0 spiro atoms. The Balaban J connectivity index is 2.20. The highest BCUT2D eigenvalue weighted by Crippen LogP contribution is 2.12. The quantitative estimate of drug-likeness (QED) is 0.294. The van der Waals surface area contributed by atoms with Crippen molar-refractivity contribution in [2.45, 2.75) is 6.30 Å². The standard InChI is InChI=1S/C3H6FN/c1-5-2-3(5)4/h3H,2H2,1H3. The zero-order valence-corrected chi connectivity index (χ0v) is 3.11. The van der Waals surface area contributed by atoms with Gasteiger partial charge in [-0.05, 0) is 7.05 Å². The van der Waals surface area contributed by atoms with Gasteiger partial charge in [-0.15, -0.1) is 0 Å². The first-order valence-electron chi connectivity index (χ1n) is 1.65. The first-order chi connectivity index (χ1) is 2.30. The van der Waals surface area contributed by atoms with Gasteiger partial charge in [0.15, 0.2) is 6.30 Å². The van der Waals surface area contributed by atoms with Crippen LogP contribution in [0.4, 0.5) is 4.39 Å². The van der Waals surface area contributed by atoms with Crippen molar-refractivity contribution < 1.29 is 4.39 Å². The normalized spacial score (nSPS) is 49.2. The molecule has 5 heavy (non-hydrogen) atoms. The molecular formula is C3H6FN. The fourth-order valence-electron chi connectivity index (χ4n) is 0.190. The molecular weight excluding hydrogens is 69.0 g/mol. The molecule has 1 saturated heterocycles. The van der Waals surface area contributed by atoms with Crippen LogP contribution < -0.4 is 0 Å². The van der Waals surface area contributed by atoms with Gasteiger partial charge in [-0.3, -0.25) is 4.90 Å². The summed E-state index contributed by atoms with van der Waals surface area (Å²) >= 11 is 0. The van der Waals surface area contributed by atoms with Crippen LogP contribution in [-0.4, -0.2) is 24.8 Å². The van der Waals surface area contributed by atoms with Crippen molar-refractivity contribution in [2.75, 3.05) is 13.6 Å². The first kappa shape index (κ1) is 3.09. The average molecular weight is 75.1 g/mol. The third-order valence-electron chi connectivity index (χ3n) is 0.783. The summed E-state index contributed by atoms with van der Waals surface area (Å²) in [5.74, 6) is 0. The molecule has 0 aliphatic carbocycles. The highest BCUT2D eigenvalue weighted by atomic mass is 19.1. The number of alkyl halides is 1. The van der Waals surface area contributed by atoms with Gasteiger partial charge in [0, 0.05) is 6.54 Å². The number of halogens is 1. The van der Waals surface area contributed by atoms with Gasteiger partial charge in [-0.25, -0.2) is 4.39 Å². The molecule has 1 aliphatic rings. The molecule has 0 aromatic heterocycles. The van der Waals surface area contributed by atoms with Crippen molar-refractivity contribution in [3.05, 3.63) is 0 Å². The molecule has 2 atom stereocenters. The number of hydrogen-bond acceptors (Lipinski definition) is 1. The van der Waals surface area contributed by atoms with Gasteiger partial charge < -0.3 is 0 Å². The van der Waals surface area contributed by atoms with Crippen molar-refractivity contribution in [2.24, 2.45) is 0 Å². The summed E-state index contributed by atoms with van der Waals surface area (Å²) in [5, 5.41) is 0. The Hall–Kier alpha value is -0.110. The van der Waals surface area contributed by atoms with E-state index in [9.17, 15) is 4.39 Å². The third kappa shape index (κ3) is 0.401. The van der Waals surface area contributed by atoms with Gasteiger partial charge >= 0.3 is 0 Å². The summed E-state index contributed by atoms with van der Waals surface area (Å²) in [4.78, 5) is 1.62. The van der Waals surface area contributed by atoms with E-state index < -0.39 is 6.30 Å². The second kappa shape index (κ2) is 0.684. The minimum atomic E-state index is -0.616. The molecule has 0 aromatic carbocycles. The summed E-state index contributed by atoms with van der Waals surface area (Å²) in [7, 11) is 1.75. The van der Waals surface area contributed by atoms with E-state index in [2.05, 4.69) is 0 Å². The maximum atomic E-state index is 11.4. The Morgan fingerprint density at radius 3 is 2.20 bits per heavy atom. The van der Waals surface area contributed by atoms with Crippen molar-refractivity contribution in [3.63, 3.8) is 0 Å². The largest absolute Gasteiger partial charge is 0.272 e. The minimum Gasteiger partial charge on any atom is -0.272 e. The van der Waals surface area contributed by atoms with Crippen LogP contribution in [-0.2, 0) is 0 Å². The minimum absolute atomic E-state index is 0.616. The lowest BCUT2D eigenvalue weighted by Gasteiger charge is -1.72. The lowest BCUT2D eigenvalue weighted by molar-refractivity contribution is 0.384. The molecule has 0 bridgehead atoms. The molecule has 1 heterocycles. The monoisotopic (exact) mass is 75.0 g/mol.